The molecule has 0 spiro atoms. The zero-order valence-corrected chi connectivity index (χ0v) is 17.3. The molecule has 1 aromatic carbocycles. The highest BCUT2D eigenvalue weighted by Gasteiger charge is 2.25. The van der Waals surface area contributed by atoms with Crippen molar-refractivity contribution >= 4 is 6.03 Å². The molecule has 152 valence electrons. The number of methoxy groups -OCH3 is 1. The molecule has 1 heterocycles. The molecule has 0 bridgehead atoms. The second kappa shape index (κ2) is 10.4. The highest BCUT2D eigenvalue weighted by molar-refractivity contribution is 5.75. The zero-order chi connectivity index (χ0) is 19.8. The lowest BCUT2D eigenvalue weighted by Crippen LogP contribution is -2.48. The van der Waals surface area contributed by atoms with E-state index in [0.29, 0.717) is 31.4 Å². The summed E-state index contributed by atoms with van der Waals surface area (Å²) in [7, 11) is 1.63. The van der Waals surface area contributed by atoms with E-state index in [1.54, 1.807) is 7.11 Å². The van der Waals surface area contributed by atoms with E-state index in [4.69, 9.17) is 14.2 Å². The molecule has 6 nitrogen and oxygen atoms in total. The third kappa shape index (κ3) is 6.31. The summed E-state index contributed by atoms with van der Waals surface area (Å²) in [4.78, 5) is 14.5. The summed E-state index contributed by atoms with van der Waals surface area (Å²) in [6.45, 7) is 10.9. The third-order valence-corrected chi connectivity index (χ3v) is 4.67. The highest BCUT2D eigenvalue weighted by Crippen LogP contribution is 2.30. The number of carbonyl (C=O) groups is 1. The second-order valence-corrected chi connectivity index (χ2v) is 7.45. The average Bonchev–Trinajstić information content (AvgIpc) is 2.66. The SMILES string of the molecule is CCOC1CCCN(C(=O)NC(C)c2ccc(OCC(C)C)c(OC)c2)C1. The molecule has 1 N–H and O–H groups in total. The summed E-state index contributed by atoms with van der Waals surface area (Å²) in [5.41, 5.74) is 0.982. The Hall–Kier alpha value is -1.95. The van der Waals surface area contributed by atoms with Crippen molar-refractivity contribution in [3.8, 4) is 11.5 Å². The van der Waals surface area contributed by atoms with Gasteiger partial charge in [-0.1, -0.05) is 19.9 Å². The molecule has 2 rings (SSSR count). The molecule has 2 atom stereocenters. The lowest BCUT2D eigenvalue weighted by molar-refractivity contribution is 0.0162. The predicted octanol–water partition coefficient (Wildman–Crippen LogP) is 4.00. The minimum absolute atomic E-state index is 0.0500. The van der Waals surface area contributed by atoms with E-state index in [1.165, 1.54) is 0 Å². The average molecular weight is 379 g/mol. The van der Waals surface area contributed by atoms with E-state index in [0.717, 1.165) is 30.7 Å². The molecule has 27 heavy (non-hydrogen) atoms. The smallest absolute Gasteiger partial charge is 0.317 e. The van der Waals surface area contributed by atoms with Crippen molar-refractivity contribution in [3.05, 3.63) is 23.8 Å². The third-order valence-electron chi connectivity index (χ3n) is 4.67. The molecule has 0 radical (unpaired) electrons. The van der Waals surface area contributed by atoms with Gasteiger partial charge in [-0.2, -0.15) is 0 Å². The number of hydrogen-bond donors (Lipinski definition) is 1. The summed E-state index contributed by atoms with van der Waals surface area (Å²) in [6, 6.07) is 5.64. The summed E-state index contributed by atoms with van der Waals surface area (Å²) in [5.74, 6) is 1.85. The molecule has 0 aliphatic carbocycles. The van der Waals surface area contributed by atoms with E-state index in [9.17, 15) is 4.79 Å². The summed E-state index contributed by atoms with van der Waals surface area (Å²) < 4.78 is 17.0. The number of amides is 2. The fourth-order valence-corrected chi connectivity index (χ4v) is 3.18. The van der Waals surface area contributed by atoms with Crippen molar-refractivity contribution in [1.29, 1.82) is 0 Å². The van der Waals surface area contributed by atoms with Gasteiger partial charge >= 0.3 is 6.03 Å². The molecule has 1 saturated heterocycles. The molecule has 1 aromatic rings. The van der Waals surface area contributed by atoms with E-state index >= 15 is 0 Å². The first-order valence-corrected chi connectivity index (χ1v) is 9.92. The second-order valence-electron chi connectivity index (χ2n) is 7.45. The van der Waals surface area contributed by atoms with Crippen LogP contribution in [0.2, 0.25) is 0 Å². The maximum atomic E-state index is 12.6. The Morgan fingerprint density at radius 2 is 2.07 bits per heavy atom. The highest BCUT2D eigenvalue weighted by atomic mass is 16.5. The van der Waals surface area contributed by atoms with Crippen LogP contribution < -0.4 is 14.8 Å². The molecule has 1 fully saturated rings. The van der Waals surface area contributed by atoms with E-state index in [2.05, 4.69) is 19.2 Å². The lowest BCUT2D eigenvalue weighted by atomic mass is 10.1. The molecular weight excluding hydrogens is 344 g/mol. The van der Waals surface area contributed by atoms with Gasteiger partial charge in [0.15, 0.2) is 11.5 Å². The number of ether oxygens (including phenoxy) is 3. The first-order valence-electron chi connectivity index (χ1n) is 9.92. The van der Waals surface area contributed by atoms with Gasteiger partial charge in [0.2, 0.25) is 0 Å². The number of hydrogen-bond acceptors (Lipinski definition) is 4. The van der Waals surface area contributed by atoms with Crippen LogP contribution >= 0.6 is 0 Å². The number of nitrogens with one attached hydrogen (secondary N) is 1. The van der Waals surface area contributed by atoms with Gasteiger partial charge in [0.1, 0.15) is 0 Å². The maximum Gasteiger partial charge on any atom is 0.317 e. The number of carbonyl (C=O) groups excluding carboxylic acids is 1. The minimum Gasteiger partial charge on any atom is -0.493 e. The topological polar surface area (TPSA) is 60.0 Å². The first kappa shape index (κ1) is 21.4. The largest absolute Gasteiger partial charge is 0.493 e. The number of piperidine rings is 1. The van der Waals surface area contributed by atoms with Crippen LogP contribution in [0, 0.1) is 5.92 Å². The molecule has 6 heteroatoms. The Morgan fingerprint density at radius 1 is 1.30 bits per heavy atom. The molecule has 1 aliphatic rings. The van der Waals surface area contributed by atoms with Crippen LogP contribution in [0.25, 0.3) is 0 Å². The van der Waals surface area contributed by atoms with Crippen LogP contribution in [-0.2, 0) is 4.74 Å². The molecule has 0 aromatic heterocycles. The number of nitrogens with zero attached hydrogens (tertiary/aromatic N) is 1. The van der Waals surface area contributed by atoms with Gasteiger partial charge in [0.25, 0.3) is 0 Å². The van der Waals surface area contributed by atoms with Crippen LogP contribution in [0.4, 0.5) is 4.79 Å². The summed E-state index contributed by atoms with van der Waals surface area (Å²) in [6.07, 6.45) is 2.13. The van der Waals surface area contributed by atoms with Gasteiger partial charge < -0.3 is 24.4 Å². The maximum absolute atomic E-state index is 12.6. The number of likely N-dealkylation sites (tertiary alicyclic amines) is 1. The monoisotopic (exact) mass is 378 g/mol. The molecule has 2 unspecified atom stereocenters. The molecule has 0 saturated carbocycles. The molecule has 1 aliphatic heterocycles. The first-order chi connectivity index (χ1) is 12.9. The fourth-order valence-electron chi connectivity index (χ4n) is 3.18. The lowest BCUT2D eigenvalue weighted by Gasteiger charge is -2.33. The van der Waals surface area contributed by atoms with Crippen molar-refractivity contribution in [1.82, 2.24) is 10.2 Å². The van der Waals surface area contributed by atoms with E-state index in [1.807, 2.05) is 36.9 Å². The van der Waals surface area contributed by atoms with Gasteiger partial charge in [-0.25, -0.2) is 4.79 Å². The van der Waals surface area contributed by atoms with Gasteiger partial charge in [0.05, 0.1) is 25.9 Å². The number of urea groups is 1. The summed E-state index contributed by atoms with van der Waals surface area (Å²) >= 11 is 0. The standard InChI is InChI=1S/C21H34N2O4/c1-6-26-18-8-7-11-23(13-18)21(24)22-16(4)17-9-10-19(20(12-17)25-5)27-14-15(2)3/h9-10,12,15-16,18H,6-8,11,13-14H2,1-5H3,(H,22,24). The van der Waals surface area contributed by atoms with E-state index in [-0.39, 0.29) is 18.2 Å². The van der Waals surface area contributed by atoms with Crippen LogP contribution in [0.15, 0.2) is 18.2 Å². The van der Waals surface area contributed by atoms with Gasteiger partial charge in [0, 0.05) is 19.7 Å². The fraction of sp³-hybridized carbons (Fsp3) is 0.667. The Kier molecular flexibility index (Phi) is 8.23. The van der Waals surface area contributed by atoms with Gasteiger partial charge in [-0.15, -0.1) is 0 Å². The van der Waals surface area contributed by atoms with Crippen LogP contribution in [0.3, 0.4) is 0 Å². The molecular formula is C21H34N2O4. The quantitative estimate of drug-likeness (QED) is 0.743. The van der Waals surface area contributed by atoms with Crippen LogP contribution in [-0.4, -0.2) is 50.4 Å². The zero-order valence-electron chi connectivity index (χ0n) is 17.3. The van der Waals surface area contributed by atoms with Crippen molar-refractivity contribution in [2.24, 2.45) is 5.92 Å². The van der Waals surface area contributed by atoms with Crippen molar-refractivity contribution in [2.75, 3.05) is 33.4 Å². The Balaban J connectivity index is 1.98. The predicted molar refractivity (Wildman–Crippen MR) is 106 cm³/mol. The van der Waals surface area contributed by atoms with E-state index < -0.39 is 0 Å². The minimum atomic E-state index is -0.127. The Morgan fingerprint density at radius 3 is 2.74 bits per heavy atom. The number of benzene rings is 1. The van der Waals surface area contributed by atoms with Crippen molar-refractivity contribution in [2.45, 2.75) is 52.7 Å². The van der Waals surface area contributed by atoms with Gasteiger partial charge in [-0.3, -0.25) is 0 Å². The molecule has 2 amide bonds. The Bertz CT molecular complexity index is 604. The van der Waals surface area contributed by atoms with Crippen molar-refractivity contribution in [3.63, 3.8) is 0 Å². The van der Waals surface area contributed by atoms with Crippen LogP contribution in [0.5, 0.6) is 11.5 Å². The normalized spacial score (nSPS) is 18.3. The van der Waals surface area contributed by atoms with Gasteiger partial charge in [-0.05, 0) is 50.3 Å². The van der Waals surface area contributed by atoms with Crippen molar-refractivity contribution < 1.29 is 19.0 Å². The number of rotatable bonds is 8. The van der Waals surface area contributed by atoms with Crippen LogP contribution in [0.1, 0.15) is 52.1 Å². The Labute approximate surface area is 163 Å². The summed E-state index contributed by atoms with van der Waals surface area (Å²) in [5, 5.41) is 3.08.